The minimum absolute atomic E-state index is 0.0713. The summed E-state index contributed by atoms with van der Waals surface area (Å²) in [5.74, 6) is 1.10. The van der Waals surface area contributed by atoms with Crippen LogP contribution in [0.4, 0.5) is 0 Å². The Morgan fingerprint density at radius 1 is 1.11 bits per heavy atom. The van der Waals surface area contributed by atoms with E-state index in [9.17, 15) is 13.2 Å². The molecule has 1 rings (SSSR count). The normalized spacial score (nSPS) is 13.4. The molecule has 0 spiro atoms. The standard InChI is InChI=1S/C22H37NO4S/c1-8-28(25,26)27-20-11-9-19(10-12-20)16-23(15-17(2)3)21(24)13-18(4)14-22(5,6)7/h9-12,17-18H,8,13-16H2,1-7H3. The summed E-state index contributed by atoms with van der Waals surface area (Å²) in [7, 11) is -3.53. The number of amides is 1. The number of hydrogen-bond acceptors (Lipinski definition) is 4. The van der Waals surface area contributed by atoms with Crippen molar-refractivity contribution < 1.29 is 17.4 Å². The molecule has 0 aromatic heterocycles. The van der Waals surface area contributed by atoms with E-state index in [0.29, 0.717) is 37.1 Å². The van der Waals surface area contributed by atoms with Crippen molar-refractivity contribution in [3.8, 4) is 5.75 Å². The van der Waals surface area contributed by atoms with E-state index < -0.39 is 10.1 Å². The monoisotopic (exact) mass is 411 g/mol. The first-order valence-corrected chi connectivity index (χ1v) is 11.7. The summed E-state index contributed by atoms with van der Waals surface area (Å²) in [5, 5.41) is 0. The van der Waals surface area contributed by atoms with Crippen LogP contribution in [0.2, 0.25) is 0 Å². The zero-order valence-electron chi connectivity index (χ0n) is 18.5. The zero-order chi connectivity index (χ0) is 21.5. The fourth-order valence-corrected chi connectivity index (χ4v) is 3.84. The first kappa shape index (κ1) is 24.5. The van der Waals surface area contributed by atoms with Crippen molar-refractivity contribution in [2.24, 2.45) is 17.3 Å². The van der Waals surface area contributed by atoms with Crippen molar-refractivity contribution in [3.05, 3.63) is 29.8 Å². The summed E-state index contributed by atoms with van der Waals surface area (Å²) in [6, 6.07) is 6.92. The number of nitrogens with zero attached hydrogens (tertiary/aromatic N) is 1. The first-order valence-electron chi connectivity index (χ1n) is 10.1. The Bertz CT molecular complexity index is 718. The van der Waals surface area contributed by atoms with Crippen LogP contribution in [-0.4, -0.2) is 31.5 Å². The number of benzene rings is 1. The van der Waals surface area contributed by atoms with Gasteiger partial charge in [0.2, 0.25) is 5.91 Å². The van der Waals surface area contributed by atoms with Gasteiger partial charge in [-0.15, -0.1) is 0 Å². The maximum absolute atomic E-state index is 12.9. The van der Waals surface area contributed by atoms with Crippen LogP contribution in [0, 0.1) is 17.3 Å². The molecule has 0 bridgehead atoms. The SMILES string of the molecule is CCS(=O)(=O)Oc1ccc(CN(CC(C)C)C(=O)CC(C)CC(C)(C)C)cc1. The van der Waals surface area contributed by atoms with E-state index >= 15 is 0 Å². The molecule has 0 heterocycles. The molecular weight excluding hydrogens is 374 g/mol. The van der Waals surface area contributed by atoms with Crippen molar-refractivity contribution in [3.63, 3.8) is 0 Å². The quantitative estimate of drug-likeness (QED) is 0.516. The third-order valence-electron chi connectivity index (χ3n) is 4.30. The molecule has 0 aliphatic carbocycles. The second kappa shape index (κ2) is 10.3. The van der Waals surface area contributed by atoms with Crippen LogP contribution in [-0.2, 0) is 21.5 Å². The Labute approximate surface area is 171 Å². The molecule has 1 amide bonds. The lowest BCUT2D eigenvalue weighted by molar-refractivity contribution is -0.133. The number of carbonyl (C=O) groups is 1. The maximum Gasteiger partial charge on any atom is 0.308 e. The van der Waals surface area contributed by atoms with E-state index in [1.165, 1.54) is 0 Å². The third kappa shape index (κ3) is 9.58. The summed E-state index contributed by atoms with van der Waals surface area (Å²) in [6.45, 7) is 15.7. The Morgan fingerprint density at radius 3 is 2.14 bits per heavy atom. The van der Waals surface area contributed by atoms with Crippen LogP contribution in [0.1, 0.15) is 66.9 Å². The van der Waals surface area contributed by atoms with Gasteiger partial charge in [-0.3, -0.25) is 4.79 Å². The summed E-state index contributed by atoms with van der Waals surface area (Å²) < 4.78 is 28.2. The van der Waals surface area contributed by atoms with Crippen molar-refractivity contribution >= 4 is 16.0 Å². The van der Waals surface area contributed by atoms with Crippen LogP contribution < -0.4 is 4.18 Å². The number of hydrogen-bond donors (Lipinski definition) is 0. The van der Waals surface area contributed by atoms with Gasteiger partial charge < -0.3 is 9.08 Å². The second-order valence-electron chi connectivity index (χ2n) is 9.32. The molecule has 1 aromatic rings. The van der Waals surface area contributed by atoms with Crippen LogP contribution in [0.25, 0.3) is 0 Å². The highest BCUT2D eigenvalue weighted by molar-refractivity contribution is 7.87. The molecule has 0 N–H and O–H groups in total. The molecule has 0 saturated carbocycles. The smallest absolute Gasteiger partial charge is 0.308 e. The van der Waals surface area contributed by atoms with E-state index in [2.05, 4.69) is 41.5 Å². The summed E-state index contributed by atoms with van der Waals surface area (Å²) in [5.41, 5.74) is 1.16. The molecule has 1 aromatic carbocycles. The van der Waals surface area contributed by atoms with Gasteiger partial charge in [-0.05, 0) is 48.3 Å². The maximum atomic E-state index is 12.9. The van der Waals surface area contributed by atoms with Gasteiger partial charge in [-0.25, -0.2) is 0 Å². The van der Waals surface area contributed by atoms with Crippen LogP contribution >= 0.6 is 0 Å². The highest BCUT2D eigenvalue weighted by Crippen LogP contribution is 2.27. The Kier molecular flexibility index (Phi) is 8.99. The predicted octanol–water partition coefficient (Wildman–Crippen LogP) is 4.86. The molecule has 28 heavy (non-hydrogen) atoms. The zero-order valence-corrected chi connectivity index (χ0v) is 19.3. The second-order valence-corrected chi connectivity index (χ2v) is 11.2. The van der Waals surface area contributed by atoms with Gasteiger partial charge in [-0.1, -0.05) is 53.7 Å². The number of carbonyl (C=O) groups excluding carboxylic acids is 1. The molecule has 5 nitrogen and oxygen atoms in total. The minimum atomic E-state index is -3.53. The predicted molar refractivity (Wildman–Crippen MR) is 115 cm³/mol. The third-order valence-corrected chi connectivity index (χ3v) is 5.45. The number of rotatable bonds is 10. The van der Waals surface area contributed by atoms with E-state index in [4.69, 9.17) is 4.18 Å². The molecule has 0 fully saturated rings. The fourth-order valence-electron chi connectivity index (χ4n) is 3.32. The highest BCUT2D eigenvalue weighted by atomic mass is 32.2. The van der Waals surface area contributed by atoms with Gasteiger partial charge in [0.25, 0.3) is 0 Å². The van der Waals surface area contributed by atoms with Crippen molar-refractivity contribution in [1.82, 2.24) is 4.90 Å². The van der Waals surface area contributed by atoms with Crippen molar-refractivity contribution in [2.45, 2.75) is 67.9 Å². The summed E-state index contributed by atoms with van der Waals surface area (Å²) in [6.07, 6.45) is 1.55. The fraction of sp³-hybridized carbons (Fsp3) is 0.682. The molecule has 160 valence electrons. The molecule has 0 aliphatic rings. The average molecular weight is 412 g/mol. The van der Waals surface area contributed by atoms with Crippen molar-refractivity contribution in [2.75, 3.05) is 12.3 Å². The molecule has 1 unspecified atom stereocenters. The van der Waals surface area contributed by atoms with Gasteiger partial charge in [0.05, 0.1) is 5.75 Å². The lowest BCUT2D eigenvalue weighted by atomic mass is 9.84. The molecule has 0 saturated heterocycles. The van der Waals surface area contributed by atoms with Gasteiger partial charge in [0.15, 0.2) is 0 Å². The Balaban J connectivity index is 2.81. The summed E-state index contributed by atoms with van der Waals surface area (Å²) >= 11 is 0. The Hall–Kier alpha value is -1.56. The lowest BCUT2D eigenvalue weighted by Crippen LogP contribution is -2.35. The molecule has 0 aliphatic heterocycles. The van der Waals surface area contributed by atoms with E-state index in [1.807, 2.05) is 17.0 Å². The van der Waals surface area contributed by atoms with Crippen LogP contribution in [0.3, 0.4) is 0 Å². The molecule has 6 heteroatoms. The molecule has 1 atom stereocenters. The average Bonchev–Trinajstić information content (AvgIpc) is 2.53. The van der Waals surface area contributed by atoms with Crippen LogP contribution in [0.15, 0.2) is 24.3 Å². The molecular formula is C22H37NO4S. The van der Waals surface area contributed by atoms with Gasteiger partial charge in [0.1, 0.15) is 5.75 Å². The lowest BCUT2D eigenvalue weighted by Gasteiger charge is -2.28. The van der Waals surface area contributed by atoms with E-state index in [0.717, 1.165) is 12.0 Å². The van der Waals surface area contributed by atoms with Gasteiger partial charge in [0, 0.05) is 19.5 Å². The largest absolute Gasteiger partial charge is 0.382 e. The summed E-state index contributed by atoms with van der Waals surface area (Å²) in [4.78, 5) is 14.8. The topological polar surface area (TPSA) is 63.7 Å². The minimum Gasteiger partial charge on any atom is -0.382 e. The van der Waals surface area contributed by atoms with Gasteiger partial charge in [-0.2, -0.15) is 8.42 Å². The van der Waals surface area contributed by atoms with Crippen LogP contribution in [0.5, 0.6) is 5.75 Å². The van der Waals surface area contributed by atoms with E-state index in [-0.39, 0.29) is 17.1 Å². The first-order chi connectivity index (χ1) is 12.8. The Morgan fingerprint density at radius 2 is 1.68 bits per heavy atom. The van der Waals surface area contributed by atoms with Gasteiger partial charge >= 0.3 is 10.1 Å². The highest BCUT2D eigenvalue weighted by Gasteiger charge is 2.22. The van der Waals surface area contributed by atoms with Crippen molar-refractivity contribution in [1.29, 1.82) is 0 Å². The molecule has 0 radical (unpaired) electrons. The van der Waals surface area contributed by atoms with E-state index in [1.54, 1.807) is 19.1 Å².